The monoisotopic (exact) mass is 264 g/mol. The van der Waals surface area contributed by atoms with Crippen LogP contribution in [0.4, 0.5) is 0 Å². The van der Waals surface area contributed by atoms with Gasteiger partial charge in [-0.25, -0.2) is 0 Å². The van der Waals surface area contributed by atoms with Gasteiger partial charge in [-0.15, -0.1) is 0 Å². The highest BCUT2D eigenvalue weighted by Crippen LogP contribution is 2.22. The van der Waals surface area contributed by atoms with Gasteiger partial charge in [0.15, 0.2) is 5.82 Å². The molecule has 0 saturated carbocycles. The average Bonchev–Trinajstić information content (AvgIpc) is 3.10. The fourth-order valence-corrected chi connectivity index (χ4v) is 3.00. The van der Waals surface area contributed by atoms with E-state index in [4.69, 9.17) is 10.3 Å². The second kappa shape index (κ2) is 5.17. The maximum absolute atomic E-state index is 5.76. The SMILES string of the molecule is NCC1CCCN1Cc1noc(-c2ccsc2)n1. The van der Waals surface area contributed by atoms with Crippen LogP contribution in [0.5, 0.6) is 0 Å². The van der Waals surface area contributed by atoms with Crippen LogP contribution in [0.3, 0.4) is 0 Å². The highest BCUT2D eigenvalue weighted by Gasteiger charge is 2.24. The number of nitrogens with two attached hydrogens (primary N) is 1. The second-order valence-electron chi connectivity index (χ2n) is 4.53. The topological polar surface area (TPSA) is 68.2 Å². The number of nitrogens with zero attached hydrogens (tertiary/aromatic N) is 3. The molecule has 0 amide bonds. The fourth-order valence-electron chi connectivity index (χ4n) is 2.37. The van der Waals surface area contributed by atoms with Gasteiger partial charge in [-0.05, 0) is 30.8 Å². The molecule has 96 valence electrons. The normalized spacial score (nSPS) is 20.6. The Morgan fingerprint density at radius 1 is 1.56 bits per heavy atom. The van der Waals surface area contributed by atoms with Crippen molar-refractivity contribution in [2.75, 3.05) is 13.1 Å². The summed E-state index contributed by atoms with van der Waals surface area (Å²) in [6.07, 6.45) is 2.38. The van der Waals surface area contributed by atoms with Crippen molar-refractivity contribution in [1.82, 2.24) is 15.0 Å². The zero-order chi connectivity index (χ0) is 12.4. The predicted molar refractivity (Wildman–Crippen MR) is 70.1 cm³/mol. The minimum atomic E-state index is 0.466. The third-order valence-electron chi connectivity index (χ3n) is 3.35. The molecule has 0 aromatic carbocycles. The molecule has 1 aliphatic heterocycles. The molecule has 0 radical (unpaired) electrons. The molecule has 2 N–H and O–H groups in total. The van der Waals surface area contributed by atoms with Crippen LogP contribution in [0.1, 0.15) is 18.7 Å². The molecular weight excluding hydrogens is 248 g/mol. The number of rotatable bonds is 4. The molecule has 1 atom stereocenters. The van der Waals surface area contributed by atoms with Gasteiger partial charge in [-0.1, -0.05) is 5.16 Å². The molecule has 3 rings (SSSR count). The standard InChI is InChI=1S/C12H16N4OS/c13-6-10-2-1-4-16(10)7-11-14-12(17-15-11)9-3-5-18-8-9/h3,5,8,10H,1-2,4,6-7,13H2. The van der Waals surface area contributed by atoms with Crippen LogP contribution in [0.25, 0.3) is 11.5 Å². The van der Waals surface area contributed by atoms with E-state index in [9.17, 15) is 0 Å². The lowest BCUT2D eigenvalue weighted by molar-refractivity contribution is 0.240. The highest BCUT2D eigenvalue weighted by molar-refractivity contribution is 7.08. The Labute approximate surface area is 110 Å². The zero-order valence-electron chi connectivity index (χ0n) is 10.1. The summed E-state index contributed by atoms with van der Waals surface area (Å²) in [6.45, 7) is 2.51. The lowest BCUT2D eigenvalue weighted by Gasteiger charge is -2.20. The van der Waals surface area contributed by atoms with Crippen molar-refractivity contribution in [2.45, 2.75) is 25.4 Å². The van der Waals surface area contributed by atoms with Gasteiger partial charge in [-0.2, -0.15) is 16.3 Å². The van der Waals surface area contributed by atoms with Crippen molar-refractivity contribution in [2.24, 2.45) is 5.73 Å². The van der Waals surface area contributed by atoms with Crippen LogP contribution < -0.4 is 5.73 Å². The minimum absolute atomic E-state index is 0.466. The van der Waals surface area contributed by atoms with E-state index in [0.717, 1.165) is 24.5 Å². The quantitative estimate of drug-likeness (QED) is 0.910. The smallest absolute Gasteiger partial charge is 0.258 e. The number of hydrogen-bond donors (Lipinski definition) is 1. The predicted octanol–water partition coefficient (Wildman–Crippen LogP) is 1.72. The van der Waals surface area contributed by atoms with Gasteiger partial charge < -0.3 is 10.3 Å². The van der Waals surface area contributed by atoms with E-state index in [1.807, 2.05) is 16.8 Å². The van der Waals surface area contributed by atoms with Crippen LogP contribution in [0, 0.1) is 0 Å². The molecule has 2 aromatic heterocycles. The molecule has 1 fully saturated rings. The average molecular weight is 264 g/mol. The largest absolute Gasteiger partial charge is 0.334 e. The van der Waals surface area contributed by atoms with E-state index < -0.39 is 0 Å². The lowest BCUT2D eigenvalue weighted by atomic mass is 10.2. The van der Waals surface area contributed by atoms with Crippen LogP contribution in [-0.4, -0.2) is 34.2 Å². The van der Waals surface area contributed by atoms with Crippen LogP contribution in [0.15, 0.2) is 21.3 Å². The summed E-state index contributed by atoms with van der Waals surface area (Å²) in [5.74, 6) is 1.35. The molecule has 1 aliphatic rings. The van der Waals surface area contributed by atoms with Gasteiger partial charge in [0.25, 0.3) is 5.89 Å². The van der Waals surface area contributed by atoms with E-state index in [2.05, 4.69) is 15.0 Å². The molecule has 0 bridgehead atoms. The van der Waals surface area contributed by atoms with Gasteiger partial charge in [0.05, 0.1) is 12.1 Å². The van der Waals surface area contributed by atoms with E-state index in [-0.39, 0.29) is 0 Å². The van der Waals surface area contributed by atoms with Crippen molar-refractivity contribution < 1.29 is 4.52 Å². The summed E-state index contributed by atoms with van der Waals surface area (Å²) in [7, 11) is 0. The minimum Gasteiger partial charge on any atom is -0.334 e. The molecule has 2 aromatic rings. The van der Waals surface area contributed by atoms with Gasteiger partial charge in [0.2, 0.25) is 0 Å². The Morgan fingerprint density at radius 2 is 2.50 bits per heavy atom. The Morgan fingerprint density at radius 3 is 3.28 bits per heavy atom. The lowest BCUT2D eigenvalue weighted by Crippen LogP contribution is -2.35. The van der Waals surface area contributed by atoms with Gasteiger partial charge in [0.1, 0.15) is 0 Å². The first-order valence-corrected chi connectivity index (χ1v) is 7.10. The van der Waals surface area contributed by atoms with E-state index in [1.54, 1.807) is 11.3 Å². The highest BCUT2D eigenvalue weighted by atomic mass is 32.1. The van der Waals surface area contributed by atoms with Crippen LogP contribution >= 0.6 is 11.3 Å². The van der Waals surface area contributed by atoms with E-state index >= 15 is 0 Å². The summed E-state index contributed by atoms with van der Waals surface area (Å²) in [5.41, 5.74) is 6.75. The first-order chi connectivity index (χ1) is 8.86. The first kappa shape index (κ1) is 11.8. The van der Waals surface area contributed by atoms with Gasteiger partial charge in [0, 0.05) is 18.0 Å². The summed E-state index contributed by atoms with van der Waals surface area (Å²) in [5, 5.41) is 8.05. The summed E-state index contributed by atoms with van der Waals surface area (Å²) in [4.78, 5) is 6.77. The van der Waals surface area contributed by atoms with Crippen molar-refractivity contribution in [1.29, 1.82) is 0 Å². The molecular formula is C12H16N4OS. The van der Waals surface area contributed by atoms with Crippen molar-refractivity contribution in [3.63, 3.8) is 0 Å². The zero-order valence-corrected chi connectivity index (χ0v) is 10.9. The molecule has 0 aliphatic carbocycles. The summed E-state index contributed by atoms with van der Waals surface area (Å²) >= 11 is 1.63. The molecule has 6 heteroatoms. The Kier molecular flexibility index (Phi) is 3.40. The van der Waals surface area contributed by atoms with Crippen molar-refractivity contribution in [3.05, 3.63) is 22.7 Å². The number of aromatic nitrogens is 2. The first-order valence-electron chi connectivity index (χ1n) is 6.16. The Balaban J connectivity index is 1.70. The van der Waals surface area contributed by atoms with Gasteiger partial charge in [-0.3, -0.25) is 4.90 Å². The molecule has 1 unspecified atom stereocenters. The molecule has 0 spiro atoms. The van der Waals surface area contributed by atoms with Crippen LogP contribution in [0.2, 0.25) is 0 Å². The Hall–Kier alpha value is -1.24. The molecule has 5 nitrogen and oxygen atoms in total. The third-order valence-corrected chi connectivity index (χ3v) is 4.04. The van der Waals surface area contributed by atoms with E-state index in [1.165, 1.54) is 12.8 Å². The van der Waals surface area contributed by atoms with Gasteiger partial charge >= 0.3 is 0 Å². The number of hydrogen-bond acceptors (Lipinski definition) is 6. The summed E-state index contributed by atoms with van der Waals surface area (Å²) < 4.78 is 5.28. The Bertz CT molecular complexity index is 496. The maximum Gasteiger partial charge on any atom is 0.258 e. The number of thiophene rings is 1. The fraction of sp³-hybridized carbons (Fsp3) is 0.500. The van der Waals surface area contributed by atoms with Crippen molar-refractivity contribution >= 4 is 11.3 Å². The molecule has 3 heterocycles. The number of likely N-dealkylation sites (tertiary alicyclic amines) is 1. The van der Waals surface area contributed by atoms with E-state index in [0.29, 0.717) is 18.5 Å². The summed E-state index contributed by atoms with van der Waals surface area (Å²) in [6, 6.07) is 2.45. The van der Waals surface area contributed by atoms with Crippen molar-refractivity contribution in [3.8, 4) is 11.5 Å². The maximum atomic E-state index is 5.76. The molecule has 1 saturated heterocycles. The second-order valence-corrected chi connectivity index (χ2v) is 5.31. The molecule has 18 heavy (non-hydrogen) atoms. The third kappa shape index (κ3) is 2.31. The van der Waals surface area contributed by atoms with Crippen LogP contribution in [-0.2, 0) is 6.54 Å².